The van der Waals surface area contributed by atoms with Gasteiger partial charge in [-0.3, -0.25) is 9.52 Å². The Morgan fingerprint density at radius 3 is 2.50 bits per heavy atom. The number of nitrogen functional groups attached to an aromatic ring is 1. The predicted molar refractivity (Wildman–Crippen MR) is 81.2 cm³/mol. The van der Waals surface area contributed by atoms with Crippen molar-refractivity contribution in [1.82, 2.24) is 0 Å². The summed E-state index contributed by atoms with van der Waals surface area (Å²) in [6.07, 6.45) is 1.06. The van der Waals surface area contributed by atoms with E-state index in [2.05, 4.69) is 4.72 Å². The number of para-hydroxylation sites is 1. The fourth-order valence-electron chi connectivity index (χ4n) is 1.83. The summed E-state index contributed by atoms with van der Waals surface area (Å²) < 4.78 is 25.2. The van der Waals surface area contributed by atoms with Crippen LogP contribution in [0.5, 0.6) is 0 Å². The summed E-state index contributed by atoms with van der Waals surface area (Å²) >= 11 is 1.18. The number of nitrogens with one attached hydrogen (secondary N) is 1. The molecule has 1 aromatic heterocycles. The van der Waals surface area contributed by atoms with Gasteiger partial charge in [0.1, 0.15) is 0 Å². The molecule has 0 aliphatic rings. The van der Waals surface area contributed by atoms with E-state index in [1.165, 1.54) is 11.3 Å². The van der Waals surface area contributed by atoms with Crippen LogP contribution in [0.3, 0.4) is 0 Å². The van der Waals surface area contributed by atoms with Gasteiger partial charge in [-0.2, -0.15) is 0 Å². The van der Waals surface area contributed by atoms with Crippen LogP contribution in [-0.2, 0) is 10.0 Å². The number of hydrogen-bond donors (Lipinski definition) is 3. The number of sulfonamides is 1. The van der Waals surface area contributed by atoms with Crippen LogP contribution in [0.25, 0.3) is 11.1 Å². The number of amides is 1. The van der Waals surface area contributed by atoms with E-state index in [0.717, 1.165) is 6.26 Å². The first-order valence-electron chi connectivity index (χ1n) is 5.53. The second-order valence-corrected chi connectivity index (χ2v) is 6.83. The highest BCUT2D eigenvalue weighted by molar-refractivity contribution is 7.92. The Balaban J connectivity index is 2.62. The highest BCUT2D eigenvalue weighted by atomic mass is 32.2. The fraction of sp³-hybridized carbons (Fsp3) is 0.0833. The maximum absolute atomic E-state index is 11.5. The molecule has 2 rings (SSSR count). The molecule has 0 saturated heterocycles. The minimum Gasteiger partial charge on any atom is -0.390 e. The smallest absolute Gasteiger partial charge is 0.252 e. The first-order valence-corrected chi connectivity index (χ1v) is 8.30. The van der Waals surface area contributed by atoms with Crippen LogP contribution < -0.4 is 16.2 Å². The summed E-state index contributed by atoms with van der Waals surface area (Å²) in [5, 5.41) is 1.99. The van der Waals surface area contributed by atoms with Gasteiger partial charge in [0.15, 0.2) is 0 Å². The first kappa shape index (κ1) is 14.4. The van der Waals surface area contributed by atoms with E-state index in [1.807, 2.05) is 0 Å². The van der Waals surface area contributed by atoms with E-state index < -0.39 is 15.9 Å². The Hall–Kier alpha value is -2.06. The predicted octanol–water partition coefficient (Wildman–Crippen LogP) is 1.47. The van der Waals surface area contributed by atoms with Crippen LogP contribution in [0, 0.1) is 0 Å². The van der Waals surface area contributed by atoms with Crippen molar-refractivity contribution < 1.29 is 13.2 Å². The standard InChI is InChI=1S/C12H13N3O3S2/c1-20(17,18)15-9-5-3-2-4-7(9)8-6-19-12(14)10(8)11(13)16/h2-6,15H,14H2,1H3,(H2,13,16). The lowest BCUT2D eigenvalue weighted by Gasteiger charge is -2.10. The Kier molecular flexibility index (Phi) is 3.69. The van der Waals surface area contributed by atoms with E-state index in [0.29, 0.717) is 21.8 Å². The van der Waals surface area contributed by atoms with E-state index in [1.54, 1.807) is 29.6 Å². The van der Waals surface area contributed by atoms with E-state index in [9.17, 15) is 13.2 Å². The number of carbonyl (C=O) groups excluding carboxylic acids is 1. The molecular formula is C12H13N3O3S2. The Bertz CT molecular complexity index is 766. The van der Waals surface area contributed by atoms with Gasteiger partial charge >= 0.3 is 0 Å². The number of rotatable bonds is 4. The minimum atomic E-state index is -3.43. The van der Waals surface area contributed by atoms with E-state index in [4.69, 9.17) is 11.5 Å². The molecule has 0 fully saturated rings. The van der Waals surface area contributed by atoms with Gasteiger partial charge < -0.3 is 11.5 Å². The monoisotopic (exact) mass is 311 g/mol. The molecule has 106 valence electrons. The molecule has 8 heteroatoms. The number of primary amides is 1. The van der Waals surface area contributed by atoms with Crippen LogP contribution in [-0.4, -0.2) is 20.6 Å². The molecule has 1 aromatic carbocycles. The number of benzene rings is 1. The number of carbonyl (C=O) groups is 1. The SMILES string of the molecule is CS(=O)(=O)Nc1ccccc1-c1csc(N)c1C(N)=O. The van der Waals surface area contributed by atoms with Crippen LogP contribution in [0.1, 0.15) is 10.4 Å². The lowest BCUT2D eigenvalue weighted by atomic mass is 10.0. The van der Waals surface area contributed by atoms with Gasteiger partial charge in [0.25, 0.3) is 5.91 Å². The average Bonchev–Trinajstić information content (AvgIpc) is 2.69. The van der Waals surface area contributed by atoms with Crippen molar-refractivity contribution in [1.29, 1.82) is 0 Å². The zero-order valence-electron chi connectivity index (χ0n) is 10.6. The normalized spacial score (nSPS) is 11.2. The molecule has 0 radical (unpaired) electrons. The summed E-state index contributed by atoms with van der Waals surface area (Å²) in [6, 6.07) is 6.73. The van der Waals surface area contributed by atoms with Crippen LogP contribution >= 0.6 is 11.3 Å². The molecular weight excluding hydrogens is 298 g/mol. The summed E-state index contributed by atoms with van der Waals surface area (Å²) in [5.74, 6) is -0.645. The summed E-state index contributed by atoms with van der Waals surface area (Å²) in [4.78, 5) is 11.5. The third-order valence-corrected chi connectivity index (χ3v) is 3.98. The molecule has 0 aliphatic heterocycles. The fourth-order valence-corrected chi connectivity index (χ4v) is 3.23. The molecule has 0 atom stereocenters. The molecule has 0 spiro atoms. The number of anilines is 2. The molecule has 1 amide bonds. The lowest BCUT2D eigenvalue weighted by Crippen LogP contribution is -2.14. The molecule has 1 heterocycles. The quantitative estimate of drug-likeness (QED) is 0.792. The Morgan fingerprint density at radius 1 is 1.25 bits per heavy atom. The van der Waals surface area contributed by atoms with Crippen LogP contribution in [0.15, 0.2) is 29.6 Å². The maximum Gasteiger partial charge on any atom is 0.252 e. The molecule has 6 nitrogen and oxygen atoms in total. The molecule has 0 bridgehead atoms. The summed E-state index contributed by atoms with van der Waals surface area (Å²) in [5.41, 5.74) is 12.7. The minimum absolute atomic E-state index is 0.206. The van der Waals surface area contributed by atoms with Gasteiger partial charge in [-0.15, -0.1) is 11.3 Å². The molecule has 0 unspecified atom stereocenters. The van der Waals surface area contributed by atoms with Gasteiger partial charge in [-0.1, -0.05) is 18.2 Å². The highest BCUT2D eigenvalue weighted by Crippen LogP contribution is 2.37. The van der Waals surface area contributed by atoms with Gasteiger partial charge in [0.2, 0.25) is 10.0 Å². The zero-order chi connectivity index (χ0) is 14.9. The van der Waals surface area contributed by atoms with Crippen LogP contribution in [0.2, 0.25) is 0 Å². The third-order valence-electron chi connectivity index (χ3n) is 2.58. The second kappa shape index (κ2) is 5.14. The summed E-state index contributed by atoms with van der Waals surface area (Å²) in [6.45, 7) is 0. The first-order chi connectivity index (χ1) is 9.29. The summed E-state index contributed by atoms with van der Waals surface area (Å²) in [7, 11) is -3.43. The third kappa shape index (κ3) is 2.91. The highest BCUT2D eigenvalue weighted by Gasteiger charge is 2.19. The van der Waals surface area contributed by atoms with Gasteiger partial charge in [0, 0.05) is 16.5 Å². The zero-order valence-corrected chi connectivity index (χ0v) is 12.2. The molecule has 5 N–H and O–H groups in total. The Labute approximate surface area is 120 Å². The number of thiophene rings is 1. The van der Waals surface area contributed by atoms with Crippen molar-refractivity contribution in [2.45, 2.75) is 0 Å². The van der Waals surface area contributed by atoms with Gasteiger partial charge in [-0.25, -0.2) is 8.42 Å². The number of hydrogen-bond acceptors (Lipinski definition) is 5. The maximum atomic E-state index is 11.5. The van der Waals surface area contributed by atoms with Gasteiger partial charge in [-0.05, 0) is 6.07 Å². The Morgan fingerprint density at radius 2 is 1.90 bits per heavy atom. The largest absolute Gasteiger partial charge is 0.390 e. The van der Waals surface area contributed by atoms with Crippen LogP contribution in [0.4, 0.5) is 10.7 Å². The van der Waals surface area contributed by atoms with Crippen molar-refractivity contribution in [3.8, 4) is 11.1 Å². The lowest BCUT2D eigenvalue weighted by molar-refractivity contribution is 0.100. The molecule has 0 aliphatic carbocycles. The topological polar surface area (TPSA) is 115 Å². The second-order valence-electron chi connectivity index (χ2n) is 4.17. The van der Waals surface area contributed by atoms with E-state index in [-0.39, 0.29) is 5.56 Å². The molecule has 0 saturated carbocycles. The van der Waals surface area contributed by atoms with Crippen molar-refractivity contribution in [2.24, 2.45) is 5.73 Å². The molecule has 20 heavy (non-hydrogen) atoms. The van der Waals surface area contributed by atoms with E-state index >= 15 is 0 Å². The van der Waals surface area contributed by atoms with Crippen molar-refractivity contribution in [3.63, 3.8) is 0 Å². The van der Waals surface area contributed by atoms with Gasteiger partial charge in [0.05, 0.1) is 22.5 Å². The number of nitrogens with two attached hydrogens (primary N) is 2. The van der Waals surface area contributed by atoms with Crippen molar-refractivity contribution in [3.05, 3.63) is 35.2 Å². The molecule has 2 aromatic rings. The van der Waals surface area contributed by atoms with Crippen molar-refractivity contribution >= 4 is 38.0 Å². The average molecular weight is 311 g/mol. The van der Waals surface area contributed by atoms with Crippen molar-refractivity contribution in [2.75, 3.05) is 16.7 Å².